The molecule has 0 spiro atoms. The molecule has 10 heavy (non-hydrogen) atoms. The highest BCUT2D eigenvalue weighted by molar-refractivity contribution is 5.59. The summed E-state index contributed by atoms with van der Waals surface area (Å²) in [5, 5.41) is 3.60. The standard InChI is InChI=1S/C5H6N2O3/c1-9-5(8)10-7-4-2-3-6-7/h2-4H,1H3. The third kappa shape index (κ3) is 1.48. The lowest BCUT2D eigenvalue weighted by Gasteiger charge is -1.98. The van der Waals surface area contributed by atoms with Gasteiger partial charge in [0.25, 0.3) is 0 Å². The summed E-state index contributed by atoms with van der Waals surface area (Å²) >= 11 is 0. The number of rotatable bonds is 1. The molecule has 0 amide bonds. The molecule has 0 aliphatic rings. The van der Waals surface area contributed by atoms with Crippen molar-refractivity contribution in [1.82, 2.24) is 9.94 Å². The summed E-state index contributed by atoms with van der Waals surface area (Å²) in [5.74, 6) is 0. The monoisotopic (exact) mass is 142 g/mol. The Labute approximate surface area is 57.1 Å². The van der Waals surface area contributed by atoms with Crippen molar-refractivity contribution in [2.75, 3.05) is 7.11 Å². The number of nitrogens with zero attached hydrogens (tertiary/aromatic N) is 2. The zero-order valence-electron chi connectivity index (χ0n) is 5.35. The second-order valence-electron chi connectivity index (χ2n) is 1.45. The van der Waals surface area contributed by atoms with Crippen molar-refractivity contribution < 1.29 is 14.4 Å². The van der Waals surface area contributed by atoms with Gasteiger partial charge in [-0.25, -0.2) is 4.79 Å². The molecule has 0 aromatic carbocycles. The van der Waals surface area contributed by atoms with Gasteiger partial charge in [0.1, 0.15) is 0 Å². The van der Waals surface area contributed by atoms with E-state index in [1.165, 1.54) is 19.5 Å². The molecule has 5 heteroatoms. The van der Waals surface area contributed by atoms with Crippen LogP contribution in [0.2, 0.25) is 0 Å². The van der Waals surface area contributed by atoms with Crippen LogP contribution in [-0.2, 0) is 4.74 Å². The summed E-state index contributed by atoms with van der Waals surface area (Å²) in [6, 6.07) is 1.63. The van der Waals surface area contributed by atoms with Crippen molar-refractivity contribution in [3.63, 3.8) is 0 Å². The number of carbonyl (C=O) groups is 1. The molecule has 1 rings (SSSR count). The molecule has 0 fully saturated rings. The predicted molar refractivity (Wildman–Crippen MR) is 31.2 cm³/mol. The Morgan fingerprint density at radius 3 is 3.00 bits per heavy atom. The SMILES string of the molecule is COC(=O)On1cccn1. The second kappa shape index (κ2) is 2.86. The van der Waals surface area contributed by atoms with Crippen molar-refractivity contribution in [2.24, 2.45) is 0 Å². The molecule has 0 bridgehead atoms. The average molecular weight is 142 g/mol. The molecular weight excluding hydrogens is 136 g/mol. The van der Waals surface area contributed by atoms with E-state index in [0.29, 0.717) is 0 Å². The number of methoxy groups -OCH3 is 1. The molecule has 0 atom stereocenters. The van der Waals surface area contributed by atoms with E-state index in [2.05, 4.69) is 14.7 Å². The van der Waals surface area contributed by atoms with Crippen molar-refractivity contribution in [3.05, 3.63) is 18.5 Å². The maximum atomic E-state index is 10.4. The minimum atomic E-state index is -0.788. The predicted octanol–water partition coefficient (Wildman–Crippen LogP) is 0.0781. The molecule has 0 N–H and O–H groups in total. The molecule has 1 aromatic rings. The molecule has 5 nitrogen and oxygen atoms in total. The number of carbonyl (C=O) groups excluding carboxylic acids is 1. The Morgan fingerprint density at radius 2 is 2.50 bits per heavy atom. The number of hydrogen-bond acceptors (Lipinski definition) is 4. The van der Waals surface area contributed by atoms with Gasteiger partial charge in [-0.2, -0.15) is 0 Å². The topological polar surface area (TPSA) is 53.4 Å². The zero-order chi connectivity index (χ0) is 7.40. The van der Waals surface area contributed by atoms with Crippen molar-refractivity contribution in [1.29, 1.82) is 0 Å². The normalized spacial score (nSPS) is 8.90. The minimum absolute atomic E-state index is 0.788. The van der Waals surface area contributed by atoms with Gasteiger partial charge in [-0.05, 0) is 6.07 Å². The number of ether oxygens (including phenoxy) is 1. The summed E-state index contributed by atoms with van der Waals surface area (Å²) in [7, 11) is 1.23. The highest BCUT2D eigenvalue weighted by Gasteiger charge is 2.00. The molecule has 0 aliphatic heterocycles. The summed E-state index contributed by atoms with van der Waals surface area (Å²) in [6.45, 7) is 0. The summed E-state index contributed by atoms with van der Waals surface area (Å²) in [5.41, 5.74) is 0. The summed E-state index contributed by atoms with van der Waals surface area (Å²) in [4.78, 5) is 15.8. The first-order valence-corrected chi connectivity index (χ1v) is 2.59. The van der Waals surface area contributed by atoms with Crippen LogP contribution < -0.4 is 4.84 Å². The van der Waals surface area contributed by atoms with Crippen LogP contribution in [0.5, 0.6) is 0 Å². The van der Waals surface area contributed by atoms with Crippen LogP contribution in [0.4, 0.5) is 4.79 Å². The van der Waals surface area contributed by atoms with E-state index < -0.39 is 6.16 Å². The molecule has 0 saturated heterocycles. The Hall–Kier alpha value is -1.52. The third-order valence-corrected chi connectivity index (χ3v) is 0.815. The summed E-state index contributed by atoms with van der Waals surface area (Å²) < 4.78 is 4.20. The number of aromatic nitrogens is 2. The molecule has 54 valence electrons. The Kier molecular flexibility index (Phi) is 1.89. The van der Waals surface area contributed by atoms with E-state index >= 15 is 0 Å². The van der Waals surface area contributed by atoms with Crippen LogP contribution in [0.1, 0.15) is 0 Å². The molecule has 0 unspecified atom stereocenters. The first-order chi connectivity index (χ1) is 4.83. The van der Waals surface area contributed by atoms with Gasteiger partial charge in [0, 0.05) is 0 Å². The quantitative estimate of drug-likeness (QED) is 0.521. The molecule has 0 radical (unpaired) electrons. The largest absolute Gasteiger partial charge is 0.534 e. The van der Waals surface area contributed by atoms with E-state index in [-0.39, 0.29) is 0 Å². The Morgan fingerprint density at radius 1 is 1.70 bits per heavy atom. The van der Waals surface area contributed by atoms with Crippen LogP contribution in [0.15, 0.2) is 18.5 Å². The van der Waals surface area contributed by atoms with Crippen molar-refractivity contribution >= 4 is 6.16 Å². The van der Waals surface area contributed by atoms with Crippen LogP contribution in [-0.4, -0.2) is 23.2 Å². The van der Waals surface area contributed by atoms with Gasteiger partial charge < -0.3 is 4.74 Å². The van der Waals surface area contributed by atoms with Crippen molar-refractivity contribution in [3.8, 4) is 0 Å². The van der Waals surface area contributed by atoms with Gasteiger partial charge in [-0.1, -0.05) is 4.85 Å². The van der Waals surface area contributed by atoms with Crippen LogP contribution >= 0.6 is 0 Å². The average Bonchev–Trinajstić information content (AvgIpc) is 2.40. The first-order valence-electron chi connectivity index (χ1n) is 2.59. The lowest BCUT2D eigenvalue weighted by molar-refractivity contribution is 0.0521. The third-order valence-electron chi connectivity index (χ3n) is 0.815. The van der Waals surface area contributed by atoms with Gasteiger partial charge in [0.15, 0.2) is 0 Å². The van der Waals surface area contributed by atoms with Gasteiger partial charge in [0.05, 0.1) is 19.5 Å². The molecule has 1 aromatic heterocycles. The van der Waals surface area contributed by atoms with Gasteiger partial charge in [0.2, 0.25) is 0 Å². The van der Waals surface area contributed by atoms with E-state index in [0.717, 1.165) is 4.85 Å². The maximum Gasteiger partial charge on any atom is 0.534 e. The zero-order valence-corrected chi connectivity index (χ0v) is 5.35. The van der Waals surface area contributed by atoms with Gasteiger partial charge in [-0.3, -0.25) is 4.84 Å². The first kappa shape index (κ1) is 6.60. The Bertz CT molecular complexity index is 207. The van der Waals surface area contributed by atoms with E-state index in [1.54, 1.807) is 6.07 Å². The highest BCUT2D eigenvalue weighted by atomic mass is 16.8. The van der Waals surface area contributed by atoms with Gasteiger partial charge in [-0.15, -0.1) is 5.10 Å². The fraction of sp³-hybridized carbons (Fsp3) is 0.200. The number of hydrogen-bond donors (Lipinski definition) is 0. The smallest absolute Gasteiger partial charge is 0.436 e. The van der Waals surface area contributed by atoms with E-state index in [1.807, 2.05) is 0 Å². The van der Waals surface area contributed by atoms with Gasteiger partial charge >= 0.3 is 6.16 Å². The molecule has 0 saturated carbocycles. The fourth-order valence-corrected chi connectivity index (χ4v) is 0.422. The molecular formula is C5H6N2O3. The lowest BCUT2D eigenvalue weighted by Crippen LogP contribution is -2.19. The highest BCUT2D eigenvalue weighted by Crippen LogP contribution is 1.81. The van der Waals surface area contributed by atoms with Crippen LogP contribution in [0.3, 0.4) is 0 Å². The van der Waals surface area contributed by atoms with Crippen molar-refractivity contribution in [2.45, 2.75) is 0 Å². The maximum absolute atomic E-state index is 10.4. The van der Waals surface area contributed by atoms with E-state index in [4.69, 9.17) is 0 Å². The van der Waals surface area contributed by atoms with Crippen LogP contribution in [0, 0.1) is 0 Å². The molecule has 1 heterocycles. The second-order valence-corrected chi connectivity index (χ2v) is 1.45. The minimum Gasteiger partial charge on any atom is -0.436 e. The van der Waals surface area contributed by atoms with Crippen LogP contribution in [0.25, 0.3) is 0 Å². The molecule has 0 aliphatic carbocycles. The Balaban J connectivity index is 2.48. The summed E-state index contributed by atoms with van der Waals surface area (Å²) in [6.07, 6.45) is 2.18. The lowest BCUT2D eigenvalue weighted by atomic mass is 10.8. The van der Waals surface area contributed by atoms with E-state index in [9.17, 15) is 4.79 Å². The fourth-order valence-electron chi connectivity index (χ4n) is 0.422.